The summed E-state index contributed by atoms with van der Waals surface area (Å²) >= 11 is 0. The summed E-state index contributed by atoms with van der Waals surface area (Å²) in [6.07, 6.45) is 1.90. The molecule has 1 rings (SSSR count). The van der Waals surface area contributed by atoms with Crippen molar-refractivity contribution in [2.24, 2.45) is 7.05 Å². The van der Waals surface area contributed by atoms with E-state index in [2.05, 4.69) is 10.4 Å². The second-order valence-corrected chi connectivity index (χ2v) is 3.33. The molecule has 0 aliphatic heterocycles. The molecular weight excluding hydrogens is 194 g/mol. The van der Waals surface area contributed by atoms with Gasteiger partial charge in [0.1, 0.15) is 6.61 Å². The molecule has 0 saturated carbocycles. The van der Waals surface area contributed by atoms with Crippen LogP contribution in [-0.4, -0.2) is 28.9 Å². The molecule has 1 aromatic heterocycles. The van der Waals surface area contributed by atoms with Crippen LogP contribution in [0.5, 0.6) is 0 Å². The average molecular weight is 211 g/mol. The first-order valence-corrected chi connectivity index (χ1v) is 4.97. The summed E-state index contributed by atoms with van der Waals surface area (Å²) in [5, 5.41) is 6.96. The topological polar surface area (TPSA) is 56.1 Å². The van der Waals surface area contributed by atoms with Crippen molar-refractivity contribution in [1.82, 2.24) is 15.1 Å². The van der Waals surface area contributed by atoms with E-state index in [4.69, 9.17) is 4.74 Å². The lowest BCUT2D eigenvalue weighted by atomic mass is 10.2. The monoisotopic (exact) mass is 211 g/mol. The molecule has 0 atom stereocenters. The molecule has 0 aliphatic rings. The molecule has 0 radical (unpaired) electrons. The Morgan fingerprint density at radius 2 is 2.40 bits per heavy atom. The van der Waals surface area contributed by atoms with Crippen molar-refractivity contribution in [3.63, 3.8) is 0 Å². The van der Waals surface area contributed by atoms with E-state index < -0.39 is 0 Å². The van der Waals surface area contributed by atoms with Crippen LogP contribution in [0.25, 0.3) is 0 Å². The maximum Gasteiger partial charge on any atom is 0.246 e. The maximum atomic E-state index is 11.2. The molecule has 5 nitrogen and oxygen atoms in total. The molecule has 1 N–H and O–H groups in total. The second kappa shape index (κ2) is 5.50. The Balaban J connectivity index is 2.36. The first kappa shape index (κ1) is 11.7. The highest BCUT2D eigenvalue weighted by Gasteiger charge is 2.05. The van der Waals surface area contributed by atoms with Gasteiger partial charge in [0.05, 0.1) is 5.69 Å². The van der Waals surface area contributed by atoms with Crippen LogP contribution in [0.2, 0.25) is 0 Å². The van der Waals surface area contributed by atoms with Crippen molar-refractivity contribution in [2.45, 2.75) is 20.4 Å². The number of hydrogen-bond donors (Lipinski definition) is 1. The van der Waals surface area contributed by atoms with Crippen molar-refractivity contribution < 1.29 is 9.53 Å². The average Bonchev–Trinajstić information content (AvgIpc) is 2.51. The fourth-order valence-electron chi connectivity index (χ4n) is 1.26. The molecule has 0 bridgehead atoms. The highest BCUT2D eigenvalue weighted by molar-refractivity contribution is 5.77. The van der Waals surface area contributed by atoms with Gasteiger partial charge >= 0.3 is 0 Å². The predicted octanol–water partition coefficient (Wildman–Crippen LogP) is 0.381. The molecule has 0 aromatic carbocycles. The molecule has 84 valence electrons. The van der Waals surface area contributed by atoms with Gasteiger partial charge in [-0.1, -0.05) is 0 Å². The van der Waals surface area contributed by atoms with Crippen LogP contribution in [0.1, 0.15) is 18.2 Å². The summed E-state index contributed by atoms with van der Waals surface area (Å²) in [7, 11) is 1.86. The van der Waals surface area contributed by atoms with Gasteiger partial charge in [-0.15, -0.1) is 0 Å². The Morgan fingerprint density at radius 1 is 1.67 bits per heavy atom. The third-order valence-electron chi connectivity index (χ3n) is 2.03. The van der Waals surface area contributed by atoms with Gasteiger partial charge in [0.15, 0.2) is 0 Å². The first-order chi connectivity index (χ1) is 7.13. The zero-order chi connectivity index (χ0) is 11.3. The van der Waals surface area contributed by atoms with E-state index in [1.165, 1.54) is 0 Å². The number of hydrogen-bond acceptors (Lipinski definition) is 3. The van der Waals surface area contributed by atoms with E-state index in [-0.39, 0.29) is 12.5 Å². The van der Waals surface area contributed by atoms with Crippen LogP contribution in [0.4, 0.5) is 0 Å². The second-order valence-electron chi connectivity index (χ2n) is 3.33. The van der Waals surface area contributed by atoms with Crippen molar-refractivity contribution >= 4 is 5.91 Å². The number of aromatic nitrogens is 2. The van der Waals surface area contributed by atoms with Crippen molar-refractivity contribution in [2.75, 3.05) is 13.2 Å². The number of aryl methyl sites for hydroxylation is 2. The number of amides is 1. The summed E-state index contributed by atoms with van der Waals surface area (Å²) in [5.74, 6) is -0.0971. The Hall–Kier alpha value is -1.36. The van der Waals surface area contributed by atoms with Crippen LogP contribution in [0, 0.1) is 6.92 Å². The largest absolute Gasteiger partial charge is 0.372 e. The van der Waals surface area contributed by atoms with Gasteiger partial charge in [0.25, 0.3) is 0 Å². The van der Waals surface area contributed by atoms with Gasteiger partial charge in [-0.3, -0.25) is 9.48 Å². The number of ether oxygens (including phenoxy) is 1. The van der Waals surface area contributed by atoms with E-state index in [0.717, 1.165) is 11.3 Å². The summed E-state index contributed by atoms with van der Waals surface area (Å²) in [6.45, 7) is 4.96. The molecule has 1 heterocycles. The number of nitrogens with one attached hydrogen (secondary N) is 1. The fraction of sp³-hybridized carbons (Fsp3) is 0.600. The van der Waals surface area contributed by atoms with Crippen molar-refractivity contribution in [3.05, 3.63) is 17.5 Å². The number of nitrogens with zero attached hydrogens (tertiary/aromatic N) is 2. The van der Waals surface area contributed by atoms with Crippen LogP contribution in [0.3, 0.4) is 0 Å². The normalized spacial score (nSPS) is 10.3. The van der Waals surface area contributed by atoms with E-state index in [1.807, 2.05) is 27.1 Å². The summed E-state index contributed by atoms with van der Waals surface area (Å²) in [4.78, 5) is 11.2. The van der Waals surface area contributed by atoms with Crippen LogP contribution in [0.15, 0.2) is 6.20 Å². The van der Waals surface area contributed by atoms with Gasteiger partial charge < -0.3 is 10.1 Å². The lowest BCUT2D eigenvalue weighted by Crippen LogP contribution is -2.27. The standard InChI is InChI=1S/C10H17N3O2/c1-4-15-7-10(14)11-5-9-6-13(3)12-8(9)2/h6H,4-5,7H2,1-3H3,(H,11,14). The lowest BCUT2D eigenvalue weighted by molar-refractivity contribution is -0.125. The quantitative estimate of drug-likeness (QED) is 0.766. The van der Waals surface area contributed by atoms with E-state index in [1.54, 1.807) is 4.68 Å². The first-order valence-electron chi connectivity index (χ1n) is 4.97. The smallest absolute Gasteiger partial charge is 0.246 e. The molecule has 5 heteroatoms. The fourth-order valence-corrected chi connectivity index (χ4v) is 1.26. The molecular formula is C10H17N3O2. The van der Waals surface area contributed by atoms with Crippen molar-refractivity contribution in [1.29, 1.82) is 0 Å². The number of carbonyl (C=O) groups excluding carboxylic acids is 1. The van der Waals surface area contributed by atoms with Gasteiger partial charge in [0.2, 0.25) is 5.91 Å². The Bertz CT molecular complexity index is 333. The van der Waals surface area contributed by atoms with E-state index >= 15 is 0 Å². The van der Waals surface area contributed by atoms with E-state index in [0.29, 0.717) is 13.2 Å². The number of rotatable bonds is 5. The third-order valence-corrected chi connectivity index (χ3v) is 2.03. The predicted molar refractivity (Wildman–Crippen MR) is 56.3 cm³/mol. The van der Waals surface area contributed by atoms with Gasteiger partial charge in [-0.25, -0.2) is 0 Å². The molecule has 1 aromatic rings. The highest BCUT2D eigenvalue weighted by atomic mass is 16.5. The summed E-state index contributed by atoms with van der Waals surface area (Å²) in [6, 6.07) is 0. The van der Waals surface area contributed by atoms with Gasteiger partial charge in [-0.05, 0) is 13.8 Å². The molecule has 0 aliphatic carbocycles. The molecule has 0 unspecified atom stereocenters. The minimum absolute atomic E-state index is 0.0971. The van der Waals surface area contributed by atoms with Crippen LogP contribution < -0.4 is 5.32 Å². The third kappa shape index (κ3) is 3.71. The zero-order valence-corrected chi connectivity index (χ0v) is 9.41. The molecule has 0 fully saturated rings. The van der Waals surface area contributed by atoms with Crippen molar-refractivity contribution in [3.8, 4) is 0 Å². The molecule has 0 saturated heterocycles. The van der Waals surface area contributed by atoms with Gasteiger partial charge in [0, 0.05) is 32.0 Å². The maximum absolute atomic E-state index is 11.2. The number of carbonyl (C=O) groups is 1. The van der Waals surface area contributed by atoms with Crippen LogP contribution >= 0.6 is 0 Å². The summed E-state index contributed by atoms with van der Waals surface area (Å²) in [5.41, 5.74) is 1.97. The Labute approximate surface area is 89.4 Å². The van der Waals surface area contributed by atoms with Gasteiger partial charge in [-0.2, -0.15) is 5.10 Å². The Kier molecular flexibility index (Phi) is 4.30. The molecule has 1 amide bonds. The highest BCUT2D eigenvalue weighted by Crippen LogP contribution is 2.03. The Morgan fingerprint density at radius 3 is 2.93 bits per heavy atom. The minimum Gasteiger partial charge on any atom is -0.372 e. The SMILES string of the molecule is CCOCC(=O)NCc1cn(C)nc1C. The van der Waals surface area contributed by atoms with E-state index in [9.17, 15) is 4.79 Å². The van der Waals surface area contributed by atoms with Crippen LogP contribution in [-0.2, 0) is 23.1 Å². The lowest BCUT2D eigenvalue weighted by Gasteiger charge is -2.03. The minimum atomic E-state index is -0.0971. The summed E-state index contributed by atoms with van der Waals surface area (Å²) < 4.78 is 6.72. The molecule has 0 spiro atoms. The zero-order valence-electron chi connectivity index (χ0n) is 9.41. The molecule has 15 heavy (non-hydrogen) atoms.